The molecule has 0 fully saturated rings. The summed E-state index contributed by atoms with van der Waals surface area (Å²) < 4.78 is 5.01. The minimum atomic E-state index is 0.406. The van der Waals surface area contributed by atoms with E-state index in [2.05, 4.69) is 5.32 Å². The van der Waals surface area contributed by atoms with E-state index in [1.54, 1.807) is 12.5 Å². The molecule has 0 spiro atoms. The van der Waals surface area contributed by atoms with Gasteiger partial charge in [0.05, 0.1) is 12.5 Å². The molecule has 4 heteroatoms. The average Bonchev–Trinajstić information content (AvgIpc) is 2.80. The van der Waals surface area contributed by atoms with E-state index in [4.69, 9.17) is 22.4 Å². The summed E-state index contributed by atoms with van der Waals surface area (Å²) in [4.78, 5) is 0.406. The van der Waals surface area contributed by atoms with E-state index in [0.29, 0.717) is 11.5 Å². The fourth-order valence-corrected chi connectivity index (χ4v) is 1.78. The maximum atomic E-state index is 5.71. The van der Waals surface area contributed by atoms with Crippen LogP contribution in [0.15, 0.2) is 41.2 Å². The third-order valence-electron chi connectivity index (χ3n) is 2.50. The lowest BCUT2D eigenvalue weighted by atomic mass is 10.1. The van der Waals surface area contributed by atoms with Crippen molar-refractivity contribution in [2.45, 2.75) is 13.5 Å². The molecule has 0 aliphatic rings. The van der Waals surface area contributed by atoms with Gasteiger partial charge in [-0.1, -0.05) is 23.8 Å². The third-order valence-corrected chi connectivity index (χ3v) is 2.72. The van der Waals surface area contributed by atoms with E-state index in [0.717, 1.165) is 22.4 Å². The van der Waals surface area contributed by atoms with Crippen LogP contribution in [0.3, 0.4) is 0 Å². The SMILES string of the molecule is Cc1ccc(NCc2ccoc2)c(C(N)=S)c1. The predicted octanol–water partition coefficient (Wildman–Crippen LogP) is 2.83. The standard InChI is InChI=1S/C13H14N2OS/c1-9-2-3-12(11(6-9)13(14)17)15-7-10-4-5-16-8-10/h2-6,8,15H,7H2,1H3,(H2,14,17). The highest BCUT2D eigenvalue weighted by Gasteiger charge is 2.05. The second kappa shape index (κ2) is 5.01. The Labute approximate surface area is 106 Å². The Morgan fingerprint density at radius 3 is 2.88 bits per heavy atom. The molecule has 0 amide bonds. The molecule has 3 N–H and O–H groups in total. The normalized spacial score (nSPS) is 10.2. The van der Waals surface area contributed by atoms with E-state index >= 15 is 0 Å². The summed E-state index contributed by atoms with van der Waals surface area (Å²) in [5.74, 6) is 0. The van der Waals surface area contributed by atoms with Crippen molar-refractivity contribution in [2.75, 3.05) is 5.32 Å². The van der Waals surface area contributed by atoms with Crippen molar-refractivity contribution in [2.24, 2.45) is 5.73 Å². The zero-order valence-electron chi connectivity index (χ0n) is 9.57. The quantitative estimate of drug-likeness (QED) is 0.814. The van der Waals surface area contributed by atoms with Crippen molar-refractivity contribution in [1.82, 2.24) is 0 Å². The van der Waals surface area contributed by atoms with Gasteiger partial charge in [-0.15, -0.1) is 0 Å². The number of nitrogens with two attached hydrogens (primary N) is 1. The van der Waals surface area contributed by atoms with Crippen LogP contribution in [0.1, 0.15) is 16.7 Å². The summed E-state index contributed by atoms with van der Waals surface area (Å²) in [6.07, 6.45) is 3.36. The fraction of sp³-hybridized carbons (Fsp3) is 0.154. The van der Waals surface area contributed by atoms with Crippen molar-refractivity contribution in [1.29, 1.82) is 0 Å². The number of aryl methyl sites for hydroxylation is 1. The summed E-state index contributed by atoms with van der Waals surface area (Å²) in [6.45, 7) is 2.71. The molecule has 2 rings (SSSR count). The van der Waals surface area contributed by atoms with Gasteiger partial charge in [0, 0.05) is 23.4 Å². The molecule has 17 heavy (non-hydrogen) atoms. The van der Waals surface area contributed by atoms with Crippen LogP contribution >= 0.6 is 12.2 Å². The van der Waals surface area contributed by atoms with Gasteiger partial charge >= 0.3 is 0 Å². The Morgan fingerprint density at radius 2 is 2.24 bits per heavy atom. The highest BCUT2D eigenvalue weighted by atomic mass is 32.1. The molecule has 0 saturated carbocycles. The molecule has 1 aromatic heterocycles. The van der Waals surface area contributed by atoms with Crippen LogP contribution in [-0.4, -0.2) is 4.99 Å². The van der Waals surface area contributed by atoms with Gasteiger partial charge in [0.2, 0.25) is 0 Å². The molecule has 0 radical (unpaired) electrons. The number of nitrogens with one attached hydrogen (secondary N) is 1. The first-order chi connectivity index (χ1) is 8.16. The number of hydrogen-bond acceptors (Lipinski definition) is 3. The van der Waals surface area contributed by atoms with Crippen molar-refractivity contribution >= 4 is 22.9 Å². The first-order valence-corrected chi connectivity index (χ1v) is 5.73. The molecule has 0 unspecified atom stereocenters. The van der Waals surface area contributed by atoms with Gasteiger partial charge in [0.25, 0.3) is 0 Å². The van der Waals surface area contributed by atoms with Crippen LogP contribution in [0.2, 0.25) is 0 Å². The second-order valence-corrected chi connectivity index (χ2v) is 4.34. The number of rotatable bonds is 4. The van der Waals surface area contributed by atoms with Gasteiger partial charge in [0.1, 0.15) is 4.99 Å². The molecule has 2 aromatic rings. The second-order valence-electron chi connectivity index (χ2n) is 3.90. The van der Waals surface area contributed by atoms with Crippen LogP contribution < -0.4 is 11.1 Å². The van der Waals surface area contributed by atoms with E-state index < -0.39 is 0 Å². The maximum Gasteiger partial charge on any atom is 0.106 e. The average molecular weight is 246 g/mol. The van der Waals surface area contributed by atoms with Crippen LogP contribution in [-0.2, 0) is 6.54 Å². The van der Waals surface area contributed by atoms with Crippen molar-refractivity contribution < 1.29 is 4.42 Å². The highest BCUT2D eigenvalue weighted by Crippen LogP contribution is 2.18. The van der Waals surface area contributed by atoms with Crippen molar-refractivity contribution in [3.63, 3.8) is 0 Å². The van der Waals surface area contributed by atoms with Gasteiger partial charge in [0.15, 0.2) is 0 Å². The summed E-state index contributed by atoms with van der Waals surface area (Å²) >= 11 is 5.04. The lowest BCUT2D eigenvalue weighted by Crippen LogP contribution is -2.13. The van der Waals surface area contributed by atoms with E-state index in [9.17, 15) is 0 Å². The molecule has 3 nitrogen and oxygen atoms in total. The van der Waals surface area contributed by atoms with Crippen LogP contribution in [0.4, 0.5) is 5.69 Å². The van der Waals surface area contributed by atoms with Gasteiger partial charge in [-0.25, -0.2) is 0 Å². The zero-order chi connectivity index (χ0) is 12.3. The summed E-state index contributed by atoms with van der Waals surface area (Å²) in [6, 6.07) is 7.92. The lowest BCUT2D eigenvalue weighted by Gasteiger charge is -2.11. The zero-order valence-corrected chi connectivity index (χ0v) is 10.4. The predicted molar refractivity (Wildman–Crippen MR) is 73.1 cm³/mol. The molecule has 0 aliphatic carbocycles. The molecule has 0 bridgehead atoms. The summed E-state index contributed by atoms with van der Waals surface area (Å²) in [5.41, 5.74) is 9.76. The lowest BCUT2D eigenvalue weighted by molar-refractivity contribution is 0.564. The summed E-state index contributed by atoms with van der Waals surface area (Å²) in [5, 5.41) is 3.30. The van der Waals surface area contributed by atoms with E-state index in [-0.39, 0.29) is 0 Å². The number of thiocarbonyl (C=S) groups is 1. The first kappa shape index (κ1) is 11.7. The van der Waals surface area contributed by atoms with Gasteiger partial charge in [-0.3, -0.25) is 0 Å². The first-order valence-electron chi connectivity index (χ1n) is 5.32. The Hall–Kier alpha value is -1.81. The van der Waals surface area contributed by atoms with Gasteiger partial charge < -0.3 is 15.5 Å². The molecule has 0 saturated heterocycles. The Morgan fingerprint density at radius 1 is 1.41 bits per heavy atom. The number of hydrogen-bond donors (Lipinski definition) is 2. The molecular weight excluding hydrogens is 232 g/mol. The summed E-state index contributed by atoms with van der Waals surface area (Å²) in [7, 11) is 0. The topological polar surface area (TPSA) is 51.2 Å². The molecule has 0 atom stereocenters. The number of benzene rings is 1. The number of furan rings is 1. The van der Waals surface area contributed by atoms with Gasteiger partial charge in [-0.2, -0.15) is 0 Å². The van der Waals surface area contributed by atoms with Crippen molar-refractivity contribution in [3.05, 3.63) is 53.5 Å². The van der Waals surface area contributed by atoms with Crippen molar-refractivity contribution in [3.8, 4) is 0 Å². The minimum Gasteiger partial charge on any atom is -0.472 e. The molecule has 1 aromatic carbocycles. The monoisotopic (exact) mass is 246 g/mol. The molecule has 0 aliphatic heterocycles. The van der Waals surface area contributed by atoms with Crippen LogP contribution in [0.5, 0.6) is 0 Å². The maximum absolute atomic E-state index is 5.71. The minimum absolute atomic E-state index is 0.406. The van der Waals surface area contributed by atoms with Gasteiger partial charge in [-0.05, 0) is 25.1 Å². The Bertz CT molecular complexity index is 520. The largest absolute Gasteiger partial charge is 0.472 e. The number of anilines is 1. The smallest absolute Gasteiger partial charge is 0.106 e. The third kappa shape index (κ3) is 2.85. The van der Waals surface area contributed by atoms with E-state index in [1.807, 2.05) is 31.2 Å². The molecule has 88 valence electrons. The highest BCUT2D eigenvalue weighted by molar-refractivity contribution is 7.80. The fourth-order valence-electron chi connectivity index (χ4n) is 1.61. The molecular formula is C13H14N2OS. The van der Waals surface area contributed by atoms with Crippen LogP contribution in [0, 0.1) is 6.92 Å². The Balaban J connectivity index is 2.17. The molecule has 1 heterocycles. The van der Waals surface area contributed by atoms with E-state index in [1.165, 1.54) is 0 Å². The van der Waals surface area contributed by atoms with Crippen LogP contribution in [0.25, 0.3) is 0 Å². The Kier molecular flexibility index (Phi) is 3.44.